The summed E-state index contributed by atoms with van der Waals surface area (Å²) in [6, 6.07) is 0. The van der Waals surface area contributed by atoms with Gasteiger partial charge < -0.3 is 28.4 Å². The van der Waals surface area contributed by atoms with Crippen molar-refractivity contribution >= 4 is 0 Å². The lowest BCUT2D eigenvalue weighted by atomic mass is 10.3. The molecule has 0 aromatic heterocycles. The van der Waals surface area contributed by atoms with Gasteiger partial charge >= 0.3 is 24.2 Å². The maximum absolute atomic E-state index is 12.5. The third-order valence-corrected chi connectivity index (χ3v) is 3.26. The van der Waals surface area contributed by atoms with Crippen LogP contribution in [0.5, 0.6) is 0 Å². The van der Waals surface area contributed by atoms with E-state index in [4.69, 9.17) is 18.9 Å². The second kappa shape index (κ2) is 15.1. The minimum absolute atomic E-state index is 0.0372. The Bertz CT molecular complexity index is 431. The van der Waals surface area contributed by atoms with Gasteiger partial charge in [-0.05, 0) is 0 Å². The molecule has 6 nitrogen and oxygen atoms in total. The maximum atomic E-state index is 12.5. The van der Waals surface area contributed by atoms with E-state index in [1.54, 1.807) is 0 Å². The quantitative estimate of drug-likeness (QED) is 0.199. The Morgan fingerprint density at radius 3 is 0.688 bits per heavy atom. The van der Waals surface area contributed by atoms with E-state index in [1.807, 2.05) is 0 Å². The van der Waals surface area contributed by atoms with Crippen LogP contribution in [0, 0.1) is 0 Å². The van der Waals surface area contributed by atoms with E-state index in [-0.39, 0.29) is 52.9 Å². The van der Waals surface area contributed by atoms with Gasteiger partial charge in [0, 0.05) is 0 Å². The standard InChI is InChI=1S/C16H24F10O6/c17-13(18,15(21,22)23)11-31-9-7-29-5-3-27-1-2-28-4-6-30-8-10-32-12-14(19,20)16(24,25)26/h1-12H2. The van der Waals surface area contributed by atoms with Crippen LogP contribution in [0.25, 0.3) is 0 Å². The molecule has 0 aromatic rings. The number of hydrogen-bond acceptors (Lipinski definition) is 6. The molecule has 0 radical (unpaired) electrons. The Morgan fingerprint density at radius 2 is 0.500 bits per heavy atom. The third kappa shape index (κ3) is 14.3. The molecule has 0 unspecified atom stereocenters. The molecule has 0 aliphatic carbocycles. The Morgan fingerprint density at radius 1 is 0.312 bits per heavy atom. The van der Waals surface area contributed by atoms with E-state index in [0.717, 1.165) is 0 Å². The molecule has 0 amide bonds. The molecule has 0 rings (SSSR count). The van der Waals surface area contributed by atoms with Gasteiger partial charge in [0.25, 0.3) is 0 Å². The highest BCUT2D eigenvalue weighted by molar-refractivity contribution is 4.75. The average Bonchev–Trinajstić information content (AvgIpc) is 2.65. The van der Waals surface area contributed by atoms with Crippen molar-refractivity contribution in [3.05, 3.63) is 0 Å². The van der Waals surface area contributed by atoms with Crippen LogP contribution < -0.4 is 0 Å². The molecule has 0 spiro atoms. The van der Waals surface area contributed by atoms with Gasteiger partial charge in [-0.1, -0.05) is 0 Å². The molecule has 194 valence electrons. The molecule has 0 saturated heterocycles. The van der Waals surface area contributed by atoms with Crippen molar-refractivity contribution in [1.82, 2.24) is 0 Å². The monoisotopic (exact) mass is 502 g/mol. The summed E-state index contributed by atoms with van der Waals surface area (Å²) in [6.07, 6.45) is -11.4. The van der Waals surface area contributed by atoms with Gasteiger partial charge in [0.1, 0.15) is 13.2 Å². The molecule has 16 heteroatoms. The Balaban J connectivity index is 3.34. The predicted octanol–water partition coefficient (Wildman–Crippen LogP) is 3.48. The van der Waals surface area contributed by atoms with Crippen molar-refractivity contribution in [2.24, 2.45) is 0 Å². The number of alkyl halides is 10. The fraction of sp³-hybridized carbons (Fsp3) is 1.00. The number of hydrogen-bond donors (Lipinski definition) is 0. The Labute approximate surface area is 177 Å². The molecular formula is C16H24F10O6. The van der Waals surface area contributed by atoms with Crippen LogP contribution >= 0.6 is 0 Å². The van der Waals surface area contributed by atoms with E-state index < -0.39 is 50.6 Å². The lowest BCUT2D eigenvalue weighted by Crippen LogP contribution is -2.41. The first-order valence-electron chi connectivity index (χ1n) is 9.06. The van der Waals surface area contributed by atoms with Crippen molar-refractivity contribution in [2.75, 3.05) is 79.3 Å². The van der Waals surface area contributed by atoms with Crippen molar-refractivity contribution < 1.29 is 72.3 Å². The lowest BCUT2D eigenvalue weighted by molar-refractivity contribution is -0.297. The zero-order valence-corrected chi connectivity index (χ0v) is 16.7. The Kier molecular flexibility index (Phi) is 14.6. The van der Waals surface area contributed by atoms with Crippen molar-refractivity contribution in [3.63, 3.8) is 0 Å². The van der Waals surface area contributed by atoms with E-state index >= 15 is 0 Å². The molecule has 0 bridgehead atoms. The molecule has 0 saturated carbocycles. The Hall–Kier alpha value is -0.940. The van der Waals surface area contributed by atoms with Crippen LogP contribution in [0.3, 0.4) is 0 Å². The smallest absolute Gasteiger partial charge is 0.377 e. The summed E-state index contributed by atoms with van der Waals surface area (Å²) in [5, 5.41) is 0. The predicted molar refractivity (Wildman–Crippen MR) is 86.9 cm³/mol. The van der Waals surface area contributed by atoms with E-state index in [1.165, 1.54) is 0 Å². The normalized spacial score (nSPS) is 13.7. The summed E-state index contributed by atoms with van der Waals surface area (Å²) < 4.78 is 150. The first kappa shape index (κ1) is 31.1. The molecule has 0 fully saturated rings. The highest BCUT2D eigenvalue weighted by Gasteiger charge is 2.58. The van der Waals surface area contributed by atoms with Gasteiger partial charge in [-0.3, -0.25) is 0 Å². The third-order valence-electron chi connectivity index (χ3n) is 3.26. The van der Waals surface area contributed by atoms with Crippen molar-refractivity contribution in [1.29, 1.82) is 0 Å². The van der Waals surface area contributed by atoms with E-state index in [2.05, 4.69) is 9.47 Å². The summed E-state index contributed by atoms with van der Waals surface area (Å²) in [4.78, 5) is 0. The highest BCUT2D eigenvalue weighted by Crippen LogP contribution is 2.36. The van der Waals surface area contributed by atoms with Gasteiger partial charge in [-0.15, -0.1) is 0 Å². The molecular weight excluding hydrogens is 478 g/mol. The van der Waals surface area contributed by atoms with Crippen LogP contribution in [-0.4, -0.2) is 103 Å². The summed E-state index contributed by atoms with van der Waals surface area (Å²) in [5.41, 5.74) is 0. The average molecular weight is 502 g/mol. The van der Waals surface area contributed by atoms with Crippen molar-refractivity contribution in [2.45, 2.75) is 24.2 Å². The van der Waals surface area contributed by atoms with Crippen LogP contribution in [-0.2, 0) is 28.4 Å². The number of halogens is 10. The molecule has 0 heterocycles. The zero-order valence-electron chi connectivity index (χ0n) is 16.7. The van der Waals surface area contributed by atoms with Crippen LogP contribution in [0.4, 0.5) is 43.9 Å². The molecule has 0 aromatic carbocycles. The fourth-order valence-corrected chi connectivity index (χ4v) is 1.56. The maximum Gasteiger partial charge on any atom is 0.455 e. The van der Waals surface area contributed by atoms with Gasteiger partial charge in [0.2, 0.25) is 0 Å². The number of ether oxygens (including phenoxy) is 6. The molecule has 0 N–H and O–H groups in total. The lowest BCUT2D eigenvalue weighted by Gasteiger charge is -2.19. The van der Waals surface area contributed by atoms with Gasteiger partial charge in [0.15, 0.2) is 0 Å². The minimum atomic E-state index is -5.68. The minimum Gasteiger partial charge on any atom is -0.377 e. The highest BCUT2D eigenvalue weighted by atomic mass is 19.4. The molecule has 32 heavy (non-hydrogen) atoms. The van der Waals surface area contributed by atoms with E-state index in [9.17, 15) is 43.9 Å². The van der Waals surface area contributed by atoms with Gasteiger partial charge in [-0.2, -0.15) is 43.9 Å². The second-order valence-corrected chi connectivity index (χ2v) is 5.96. The molecule has 0 aliphatic heterocycles. The van der Waals surface area contributed by atoms with Crippen LogP contribution in [0.1, 0.15) is 0 Å². The fourth-order valence-electron chi connectivity index (χ4n) is 1.56. The topological polar surface area (TPSA) is 55.4 Å². The van der Waals surface area contributed by atoms with Gasteiger partial charge in [0.05, 0.1) is 66.1 Å². The summed E-state index contributed by atoms with van der Waals surface area (Å²) in [5.74, 6) is -9.85. The van der Waals surface area contributed by atoms with E-state index in [0.29, 0.717) is 0 Å². The number of rotatable bonds is 19. The molecule has 0 atom stereocenters. The van der Waals surface area contributed by atoms with Crippen molar-refractivity contribution in [3.8, 4) is 0 Å². The summed E-state index contributed by atoms with van der Waals surface area (Å²) in [6.45, 7) is -4.35. The zero-order chi connectivity index (χ0) is 24.7. The second-order valence-electron chi connectivity index (χ2n) is 5.96. The van der Waals surface area contributed by atoms with Crippen LogP contribution in [0.15, 0.2) is 0 Å². The van der Waals surface area contributed by atoms with Gasteiger partial charge in [-0.25, -0.2) is 0 Å². The SMILES string of the molecule is FC(F)(F)C(F)(F)COCCOCCOCCOCCOCCOCC(F)(F)C(F)(F)F. The first-order valence-corrected chi connectivity index (χ1v) is 9.06. The largest absolute Gasteiger partial charge is 0.455 e. The molecule has 0 aliphatic rings. The summed E-state index contributed by atoms with van der Waals surface area (Å²) in [7, 11) is 0. The first-order chi connectivity index (χ1) is 14.7. The summed E-state index contributed by atoms with van der Waals surface area (Å²) >= 11 is 0. The van der Waals surface area contributed by atoms with Crippen LogP contribution in [0.2, 0.25) is 0 Å².